The van der Waals surface area contributed by atoms with E-state index < -0.39 is 5.97 Å². The van der Waals surface area contributed by atoms with Crippen LogP contribution in [-0.2, 0) is 72.8 Å². The van der Waals surface area contributed by atoms with Gasteiger partial charge in [-0.25, -0.2) is 14.6 Å². The number of nitrogens with zero attached hydrogens (tertiary/aromatic N) is 4. The number of ether oxygens (including phenoxy) is 10. The third-order valence-corrected chi connectivity index (χ3v) is 9.61. The Morgan fingerprint density at radius 3 is 1.58 bits per heavy atom. The van der Waals surface area contributed by atoms with Gasteiger partial charge in [-0.3, -0.25) is 13.9 Å². The molecule has 17 heteroatoms. The van der Waals surface area contributed by atoms with Crippen LogP contribution in [0.4, 0.5) is 0 Å². The summed E-state index contributed by atoms with van der Waals surface area (Å²) in [6, 6.07) is 7.46. The number of hydrogen-bond acceptors (Lipinski definition) is 14. The average Bonchev–Trinajstić information content (AvgIpc) is 3.60. The Labute approximate surface area is 346 Å². The molecule has 1 aliphatic carbocycles. The quantitative estimate of drug-likeness (QED) is 0.0511. The van der Waals surface area contributed by atoms with Gasteiger partial charge in [-0.15, -0.1) is 0 Å². The molecule has 1 aromatic carbocycles. The van der Waals surface area contributed by atoms with E-state index in [1.807, 2.05) is 24.3 Å². The molecule has 0 spiro atoms. The number of carbonyl (C=O) groups is 1. The molecule has 0 unspecified atom stereocenters. The van der Waals surface area contributed by atoms with E-state index >= 15 is 0 Å². The highest BCUT2D eigenvalue weighted by Crippen LogP contribution is 2.27. The summed E-state index contributed by atoms with van der Waals surface area (Å²) in [7, 11) is 4.95. The van der Waals surface area contributed by atoms with Gasteiger partial charge in [0.2, 0.25) is 0 Å². The van der Waals surface area contributed by atoms with Gasteiger partial charge < -0.3 is 51.9 Å². The molecule has 0 N–H and O–H groups in total. The van der Waals surface area contributed by atoms with Gasteiger partial charge in [0.15, 0.2) is 11.2 Å². The Morgan fingerprint density at radius 2 is 1.10 bits per heavy atom. The minimum atomic E-state index is -0.482. The van der Waals surface area contributed by atoms with Gasteiger partial charge in [0.05, 0.1) is 112 Å². The van der Waals surface area contributed by atoms with Gasteiger partial charge in [-0.2, -0.15) is 0 Å². The zero-order valence-corrected chi connectivity index (χ0v) is 35.1. The van der Waals surface area contributed by atoms with Crippen LogP contribution in [0.25, 0.3) is 28.6 Å². The van der Waals surface area contributed by atoms with Crippen molar-refractivity contribution < 1.29 is 52.2 Å². The average molecular weight is 833 g/mol. The number of aromatic nitrogens is 4. The van der Waals surface area contributed by atoms with Crippen LogP contribution in [0.3, 0.4) is 0 Å². The first-order valence-corrected chi connectivity index (χ1v) is 20.6. The second-order valence-corrected chi connectivity index (χ2v) is 13.9. The molecule has 3 aromatic rings. The number of imidazole rings is 1. The van der Waals surface area contributed by atoms with Gasteiger partial charge in [-0.1, -0.05) is 43.5 Å². The van der Waals surface area contributed by atoms with Crippen molar-refractivity contribution in [3.05, 3.63) is 56.7 Å². The molecule has 59 heavy (non-hydrogen) atoms. The molecule has 1 saturated carbocycles. The highest BCUT2D eigenvalue weighted by Gasteiger charge is 2.22. The summed E-state index contributed by atoms with van der Waals surface area (Å²) < 4.78 is 58.3. The van der Waals surface area contributed by atoms with Gasteiger partial charge in [0.25, 0.3) is 5.56 Å². The number of aryl methyl sites for hydroxylation is 1. The minimum Gasteiger partial charge on any atom is -0.460 e. The first-order chi connectivity index (χ1) is 28.9. The number of benzene rings is 1. The fourth-order valence-electron chi connectivity index (χ4n) is 6.42. The zero-order valence-electron chi connectivity index (χ0n) is 35.1. The van der Waals surface area contributed by atoms with E-state index in [2.05, 4.69) is 0 Å². The fourth-order valence-corrected chi connectivity index (χ4v) is 6.42. The van der Waals surface area contributed by atoms with E-state index in [-0.39, 0.29) is 24.5 Å². The molecule has 0 saturated heterocycles. The number of fused-ring (bicyclic) bond motifs is 1. The van der Waals surface area contributed by atoms with Crippen molar-refractivity contribution in [3.8, 4) is 11.4 Å². The highest BCUT2D eigenvalue weighted by molar-refractivity contribution is 5.87. The minimum absolute atomic E-state index is 0.116. The monoisotopic (exact) mass is 832 g/mol. The maximum Gasteiger partial charge on any atom is 0.332 e. The number of methoxy groups -OCH3 is 1. The van der Waals surface area contributed by atoms with Crippen molar-refractivity contribution in [1.29, 1.82) is 0 Å². The van der Waals surface area contributed by atoms with Crippen molar-refractivity contribution in [3.63, 3.8) is 0 Å². The summed E-state index contributed by atoms with van der Waals surface area (Å²) in [5.74, 6) is 0.495. The lowest BCUT2D eigenvalue weighted by Crippen LogP contribution is -2.39. The van der Waals surface area contributed by atoms with E-state index in [9.17, 15) is 14.4 Å². The summed E-state index contributed by atoms with van der Waals surface area (Å²) in [4.78, 5) is 43.4. The number of rotatable bonds is 32. The van der Waals surface area contributed by atoms with Crippen LogP contribution in [0.15, 0.2) is 39.9 Å². The largest absolute Gasteiger partial charge is 0.460 e. The Balaban J connectivity index is 0.979. The first-order valence-electron chi connectivity index (χ1n) is 20.6. The maximum atomic E-state index is 13.2. The lowest BCUT2D eigenvalue weighted by molar-refractivity contribution is -0.139. The van der Waals surface area contributed by atoms with Crippen LogP contribution < -0.4 is 11.2 Å². The Bertz CT molecular complexity index is 1770. The Kier molecular flexibility index (Phi) is 23.3. The molecule has 0 aliphatic heterocycles. The van der Waals surface area contributed by atoms with E-state index in [1.54, 1.807) is 29.4 Å². The molecule has 0 amide bonds. The third kappa shape index (κ3) is 17.4. The normalized spacial score (nSPS) is 13.6. The summed E-state index contributed by atoms with van der Waals surface area (Å²) >= 11 is 0. The second kappa shape index (κ2) is 28.6. The Morgan fingerprint density at radius 1 is 0.644 bits per heavy atom. The second-order valence-electron chi connectivity index (χ2n) is 13.9. The molecule has 1 aliphatic rings. The van der Waals surface area contributed by atoms with E-state index in [0.717, 1.165) is 36.8 Å². The predicted molar refractivity (Wildman–Crippen MR) is 221 cm³/mol. The van der Waals surface area contributed by atoms with Gasteiger partial charge in [0.1, 0.15) is 12.4 Å². The van der Waals surface area contributed by atoms with Crippen LogP contribution in [0.2, 0.25) is 0 Å². The van der Waals surface area contributed by atoms with Gasteiger partial charge in [0, 0.05) is 39.4 Å². The maximum absolute atomic E-state index is 13.2. The first kappa shape index (κ1) is 47.9. The van der Waals surface area contributed by atoms with Gasteiger partial charge in [-0.05, 0) is 30.4 Å². The summed E-state index contributed by atoms with van der Waals surface area (Å²) in [5, 5.41) is 0. The topological polar surface area (TPSA) is 171 Å². The summed E-state index contributed by atoms with van der Waals surface area (Å²) in [6.07, 6.45) is 8.71. The third-order valence-electron chi connectivity index (χ3n) is 9.61. The van der Waals surface area contributed by atoms with Crippen molar-refractivity contribution in [2.45, 2.75) is 38.6 Å². The molecule has 2 heterocycles. The SMILES string of the molecule is COCCOCCOCCOCCOCCOCCOCCOCCOCCOC(=O)C=Cc1ccc(-c2nc3c(c(=O)n(C)c(=O)n3CC3CCCCC3)n2C)cc1. The van der Waals surface area contributed by atoms with Gasteiger partial charge >= 0.3 is 11.7 Å². The number of esters is 1. The molecule has 330 valence electrons. The molecule has 2 aromatic heterocycles. The number of hydrogen-bond donors (Lipinski definition) is 0. The van der Waals surface area contributed by atoms with Crippen molar-refractivity contribution in [2.75, 3.05) is 126 Å². The molecule has 0 bridgehead atoms. The van der Waals surface area contributed by atoms with Crippen LogP contribution in [0.1, 0.15) is 37.7 Å². The molecular weight excluding hydrogens is 768 g/mol. The zero-order chi connectivity index (χ0) is 41.9. The van der Waals surface area contributed by atoms with E-state index in [4.69, 9.17) is 52.4 Å². The lowest BCUT2D eigenvalue weighted by Gasteiger charge is -2.22. The predicted octanol–water partition coefficient (Wildman–Crippen LogP) is 3.02. The van der Waals surface area contributed by atoms with Crippen molar-refractivity contribution >= 4 is 23.2 Å². The highest BCUT2D eigenvalue weighted by atomic mass is 16.6. The van der Waals surface area contributed by atoms with Crippen molar-refractivity contribution in [2.24, 2.45) is 20.0 Å². The summed E-state index contributed by atoms with van der Waals surface area (Å²) in [6.45, 7) is 8.69. The standard InChI is InChI=1S/C42H64N4O13/c1-44-38-40(46(42(49)45(2)41(38)48)33-35-7-5-4-6-8-35)43-39(44)36-12-9-34(10-13-36)11-14-37(47)59-32-31-58-30-29-57-28-27-56-26-25-55-24-23-54-22-21-53-20-19-52-18-17-51-16-15-50-3/h9-14,35H,4-8,15-33H2,1-3H3. The van der Waals surface area contributed by atoms with Crippen LogP contribution >= 0.6 is 0 Å². The fraction of sp³-hybridized carbons (Fsp3) is 0.667. The molecule has 0 atom stereocenters. The summed E-state index contributed by atoms with van der Waals surface area (Å²) in [5.41, 5.74) is 1.69. The molecule has 4 rings (SSSR count). The molecular formula is C42H64N4O13. The molecule has 0 radical (unpaired) electrons. The molecule has 1 fully saturated rings. The van der Waals surface area contributed by atoms with Crippen LogP contribution in [0, 0.1) is 5.92 Å². The van der Waals surface area contributed by atoms with E-state index in [1.165, 1.54) is 24.1 Å². The lowest BCUT2D eigenvalue weighted by atomic mass is 9.89. The van der Waals surface area contributed by atoms with E-state index in [0.29, 0.717) is 135 Å². The Hall–Kier alpha value is -3.78. The number of carbonyl (C=O) groups excluding carboxylic acids is 1. The smallest absolute Gasteiger partial charge is 0.332 e. The van der Waals surface area contributed by atoms with Crippen LogP contribution in [0.5, 0.6) is 0 Å². The van der Waals surface area contributed by atoms with Crippen molar-refractivity contribution in [1.82, 2.24) is 18.7 Å². The van der Waals surface area contributed by atoms with Crippen LogP contribution in [-0.4, -0.2) is 151 Å². The molecule has 17 nitrogen and oxygen atoms in total.